The average Bonchev–Trinajstić information content (AvgIpc) is 3.26. The molecule has 0 aliphatic heterocycles. The summed E-state index contributed by atoms with van der Waals surface area (Å²) >= 11 is 0. The first-order valence-electron chi connectivity index (χ1n) is 8.24. The highest BCUT2D eigenvalue weighted by Gasteiger charge is 2.30. The van der Waals surface area contributed by atoms with Crippen molar-refractivity contribution >= 4 is 15.9 Å². The number of rotatable bonds is 6. The van der Waals surface area contributed by atoms with E-state index in [0.717, 1.165) is 44.3 Å². The predicted octanol–water partition coefficient (Wildman–Crippen LogP) is 1.53. The molecule has 2 fully saturated rings. The highest BCUT2D eigenvalue weighted by molar-refractivity contribution is 7.89. The molecule has 2 aliphatic carbocycles. The van der Waals surface area contributed by atoms with Gasteiger partial charge in [0.2, 0.25) is 10.0 Å². The second-order valence-electron chi connectivity index (χ2n) is 6.43. The van der Waals surface area contributed by atoms with Crippen molar-refractivity contribution in [3.8, 4) is 0 Å². The monoisotopic (exact) mass is 341 g/mol. The van der Waals surface area contributed by atoms with Crippen molar-refractivity contribution in [3.05, 3.63) is 17.5 Å². The van der Waals surface area contributed by atoms with Gasteiger partial charge in [0, 0.05) is 24.1 Å². The predicted molar refractivity (Wildman–Crippen MR) is 84.6 cm³/mol. The van der Waals surface area contributed by atoms with Crippen LogP contribution in [0, 0.1) is 0 Å². The first kappa shape index (κ1) is 16.4. The fourth-order valence-electron chi connectivity index (χ4n) is 2.91. The van der Waals surface area contributed by atoms with Crippen LogP contribution in [0.2, 0.25) is 0 Å². The lowest BCUT2D eigenvalue weighted by Gasteiger charge is -2.29. The van der Waals surface area contributed by atoms with Crippen molar-refractivity contribution < 1.29 is 17.7 Å². The highest BCUT2D eigenvalue weighted by Crippen LogP contribution is 2.40. The number of nitrogens with one attached hydrogen (secondary N) is 2. The van der Waals surface area contributed by atoms with E-state index >= 15 is 0 Å². The second-order valence-corrected chi connectivity index (χ2v) is 8.47. The highest BCUT2D eigenvalue weighted by atomic mass is 32.2. The molecule has 0 radical (unpaired) electrons. The van der Waals surface area contributed by atoms with Gasteiger partial charge >= 0.3 is 0 Å². The molecule has 23 heavy (non-hydrogen) atoms. The summed E-state index contributed by atoms with van der Waals surface area (Å²) in [6, 6.07) is 1.76. The van der Waals surface area contributed by atoms with Crippen LogP contribution in [-0.4, -0.2) is 37.3 Å². The molecule has 8 heteroatoms. The number of nitrogens with zero attached hydrogens (tertiary/aromatic N) is 1. The molecule has 3 rings (SSSR count). The molecule has 1 aromatic rings. The SMILES string of the molecule is CCS(=O)(=O)NC1CCC(NC(=O)c2cc(C3CC3)on2)CC1. The first-order valence-corrected chi connectivity index (χ1v) is 9.89. The molecular formula is C15H23N3O4S. The quantitative estimate of drug-likeness (QED) is 0.817. The van der Waals surface area contributed by atoms with Crippen molar-refractivity contribution in [3.63, 3.8) is 0 Å². The molecule has 0 spiro atoms. The molecule has 0 bridgehead atoms. The summed E-state index contributed by atoms with van der Waals surface area (Å²) in [5.74, 6) is 1.12. The number of hydrogen-bond donors (Lipinski definition) is 2. The van der Waals surface area contributed by atoms with Gasteiger partial charge in [-0.3, -0.25) is 4.79 Å². The number of sulfonamides is 1. The van der Waals surface area contributed by atoms with Crippen LogP contribution in [0.15, 0.2) is 10.6 Å². The topological polar surface area (TPSA) is 101 Å². The van der Waals surface area contributed by atoms with E-state index in [1.54, 1.807) is 13.0 Å². The Labute approximate surface area is 136 Å². The molecule has 7 nitrogen and oxygen atoms in total. The maximum Gasteiger partial charge on any atom is 0.273 e. The lowest BCUT2D eigenvalue weighted by molar-refractivity contribution is 0.0916. The molecule has 2 saturated carbocycles. The molecule has 2 aliphatic rings. The van der Waals surface area contributed by atoms with E-state index in [2.05, 4.69) is 15.2 Å². The molecule has 0 unspecified atom stereocenters. The molecule has 1 heterocycles. The summed E-state index contributed by atoms with van der Waals surface area (Å²) in [7, 11) is -3.16. The normalized spacial score (nSPS) is 25.3. The summed E-state index contributed by atoms with van der Waals surface area (Å²) in [4.78, 5) is 12.2. The molecule has 0 atom stereocenters. The molecular weight excluding hydrogens is 318 g/mol. The Kier molecular flexibility index (Phi) is 4.72. The molecule has 1 aromatic heterocycles. The van der Waals surface area contributed by atoms with Crippen molar-refractivity contribution in [2.45, 2.75) is 63.5 Å². The Balaban J connectivity index is 1.47. The van der Waals surface area contributed by atoms with E-state index < -0.39 is 10.0 Å². The van der Waals surface area contributed by atoms with E-state index in [0.29, 0.717) is 11.6 Å². The fourth-order valence-corrected chi connectivity index (χ4v) is 3.82. The van der Waals surface area contributed by atoms with E-state index in [-0.39, 0.29) is 23.7 Å². The zero-order chi connectivity index (χ0) is 16.4. The maximum atomic E-state index is 12.2. The van der Waals surface area contributed by atoms with Crippen LogP contribution in [0.4, 0.5) is 0 Å². The number of aromatic nitrogens is 1. The minimum atomic E-state index is -3.16. The summed E-state index contributed by atoms with van der Waals surface area (Å²) in [5, 5.41) is 6.81. The second kappa shape index (κ2) is 6.60. The maximum absolute atomic E-state index is 12.2. The lowest BCUT2D eigenvalue weighted by atomic mass is 9.92. The minimum Gasteiger partial charge on any atom is -0.360 e. The van der Waals surface area contributed by atoms with E-state index in [9.17, 15) is 13.2 Å². The van der Waals surface area contributed by atoms with Crippen LogP contribution in [0.1, 0.15) is 67.6 Å². The smallest absolute Gasteiger partial charge is 0.273 e. The number of carbonyl (C=O) groups excluding carboxylic acids is 1. The number of amides is 1. The van der Waals surface area contributed by atoms with Crippen LogP contribution in [-0.2, 0) is 10.0 Å². The Morgan fingerprint density at radius 1 is 1.22 bits per heavy atom. The van der Waals surface area contributed by atoms with Gasteiger partial charge < -0.3 is 9.84 Å². The molecule has 1 amide bonds. The summed E-state index contributed by atoms with van der Waals surface area (Å²) < 4.78 is 31.1. The molecule has 0 aromatic carbocycles. The zero-order valence-corrected chi connectivity index (χ0v) is 14.1. The van der Waals surface area contributed by atoms with Gasteiger partial charge in [0.05, 0.1) is 5.75 Å². The first-order chi connectivity index (χ1) is 11.0. The Morgan fingerprint density at radius 3 is 2.48 bits per heavy atom. The number of hydrogen-bond acceptors (Lipinski definition) is 5. The third kappa shape index (κ3) is 4.32. The number of carbonyl (C=O) groups is 1. The van der Waals surface area contributed by atoms with Gasteiger partial charge in [-0.2, -0.15) is 0 Å². The summed E-state index contributed by atoms with van der Waals surface area (Å²) in [6.45, 7) is 1.63. The largest absolute Gasteiger partial charge is 0.360 e. The van der Waals surface area contributed by atoms with Crippen molar-refractivity contribution in [1.29, 1.82) is 0 Å². The van der Waals surface area contributed by atoms with Gasteiger partial charge in [0.15, 0.2) is 5.69 Å². The fraction of sp³-hybridized carbons (Fsp3) is 0.733. The van der Waals surface area contributed by atoms with E-state index in [1.165, 1.54) is 0 Å². The Hall–Kier alpha value is -1.41. The van der Waals surface area contributed by atoms with Gasteiger partial charge in [-0.15, -0.1) is 0 Å². The van der Waals surface area contributed by atoms with Crippen LogP contribution in [0.25, 0.3) is 0 Å². The summed E-state index contributed by atoms with van der Waals surface area (Å²) in [6.07, 6.45) is 5.19. The minimum absolute atomic E-state index is 0.0263. The van der Waals surface area contributed by atoms with Crippen molar-refractivity contribution in [2.24, 2.45) is 0 Å². The molecule has 0 saturated heterocycles. The Morgan fingerprint density at radius 2 is 1.87 bits per heavy atom. The molecule has 128 valence electrons. The van der Waals surface area contributed by atoms with Gasteiger partial charge in [0.25, 0.3) is 5.91 Å². The van der Waals surface area contributed by atoms with Crippen LogP contribution in [0.3, 0.4) is 0 Å². The van der Waals surface area contributed by atoms with Crippen LogP contribution < -0.4 is 10.0 Å². The van der Waals surface area contributed by atoms with Gasteiger partial charge in [0.1, 0.15) is 5.76 Å². The van der Waals surface area contributed by atoms with Crippen LogP contribution >= 0.6 is 0 Å². The Bertz CT molecular complexity index is 658. The van der Waals surface area contributed by atoms with E-state index in [4.69, 9.17) is 4.52 Å². The summed E-state index contributed by atoms with van der Waals surface area (Å²) in [5.41, 5.74) is 0.334. The third-order valence-corrected chi connectivity index (χ3v) is 5.98. The lowest BCUT2D eigenvalue weighted by Crippen LogP contribution is -2.44. The third-order valence-electron chi connectivity index (χ3n) is 4.53. The average molecular weight is 341 g/mol. The van der Waals surface area contributed by atoms with Crippen LogP contribution in [0.5, 0.6) is 0 Å². The molecule has 2 N–H and O–H groups in total. The van der Waals surface area contributed by atoms with Gasteiger partial charge in [-0.05, 0) is 45.4 Å². The van der Waals surface area contributed by atoms with Gasteiger partial charge in [-0.25, -0.2) is 13.1 Å². The van der Waals surface area contributed by atoms with E-state index in [1.807, 2.05) is 0 Å². The van der Waals surface area contributed by atoms with Gasteiger partial charge in [-0.1, -0.05) is 5.16 Å². The standard InChI is InChI=1S/C15H23N3O4S/c1-2-23(20,21)18-12-7-5-11(6-8-12)16-15(19)13-9-14(22-17-13)10-3-4-10/h9-12,18H,2-8H2,1H3,(H,16,19). The van der Waals surface area contributed by atoms with Crippen molar-refractivity contribution in [2.75, 3.05) is 5.75 Å². The van der Waals surface area contributed by atoms with Crippen molar-refractivity contribution in [1.82, 2.24) is 15.2 Å². The zero-order valence-electron chi connectivity index (χ0n) is 13.2.